The van der Waals surface area contributed by atoms with Crippen LogP contribution in [0.3, 0.4) is 0 Å². The van der Waals surface area contributed by atoms with Gasteiger partial charge in [-0.05, 0) is 19.4 Å². The zero-order valence-electron chi connectivity index (χ0n) is 10.7. The number of nitrogens with zero attached hydrogens (tertiary/aromatic N) is 2. The van der Waals surface area contributed by atoms with Crippen LogP contribution in [-0.4, -0.2) is 16.6 Å². The van der Waals surface area contributed by atoms with Gasteiger partial charge in [-0.1, -0.05) is 44.2 Å². The van der Waals surface area contributed by atoms with Crippen molar-refractivity contribution in [2.75, 3.05) is 6.61 Å². The van der Waals surface area contributed by atoms with E-state index in [0.717, 1.165) is 18.7 Å². The van der Waals surface area contributed by atoms with E-state index in [2.05, 4.69) is 16.9 Å². The lowest BCUT2D eigenvalue weighted by Crippen LogP contribution is -2.02. The molecule has 0 aromatic carbocycles. The van der Waals surface area contributed by atoms with Crippen LogP contribution in [0, 0.1) is 6.92 Å². The molecule has 0 aliphatic carbocycles. The Bertz CT molecular complexity index is 311. The fourth-order valence-electron chi connectivity index (χ4n) is 1.62. The number of rotatable bonds is 8. The van der Waals surface area contributed by atoms with Crippen molar-refractivity contribution in [1.29, 1.82) is 0 Å². The highest BCUT2D eigenvalue weighted by molar-refractivity contribution is 6.29. The molecule has 0 unspecified atom stereocenters. The van der Waals surface area contributed by atoms with Crippen LogP contribution in [0.2, 0.25) is 5.15 Å². The fourth-order valence-corrected chi connectivity index (χ4v) is 1.88. The minimum Gasteiger partial charge on any atom is -0.373 e. The Morgan fingerprint density at radius 3 is 2.65 bits per heavy atom. The summed E-state index contributed by atoms with van der Waals surface area (Å²) in [6, 6.07) is 1.75. The Morgan fingerprint density at radius 2 is 1.94 bits per heavy atom. The smallest absolute Gasteiger partial charge is 0.155 e. The third-order valence-corrected chi connectivity index (χ3v) is 2.69. The summed E-state index contributed by atoms with van der Waals surface area (Å²) in [6.45, 7) is 5.35. The van der Waals surface area contributed by atoms with E-state index in [-0.39, 0.29) is 0 Å². The molecule has 1 heterocycles. The second-order valence-corrected chi connectivity index (χ2v) is 4.60. The van der Waals surface area contributed by atoms with Crippen molar-refractivity contribution in [1.82, 2.24) is 9.97 Å². The number of unbranched alkanes of at least 4 members (excludes halogenated alkanes) is 4. The van der Waals surface area contributed by atoms with Gasteiger partial charge in [-0.2, -0.15) is 0 Å². The number of aryl methyl sites for hydroxylation is 1. The fraction of sp³-hybridized carbons (Fsp3) is 0.692. The molecule has 0 atom stereocenters. The molecule has 1 aromatic rings. The van der Waals surface area contributed by atoms with Gasteiger partial charge in [0.1, 0.15) is 11.8 Å². The van der Waals surface area contributed by atoms with Gasteiger partial charge in [-0.3, -0.25) is 0 Å². The topological polar surface area (TPSA) is 35.0 Å². The van der Waals surface area contributed by atoms with Crippen LogP contribution in [0.15, 0.2) is 6.07 Å². The van der Waals surface area contributed by atoms with Gasteiger partial charge >= 0.3 is 0 Å². The lowest BCUT2D eigenvalue weighted by atomic mass is 10.2. The molecule has 0 bridgehead atoms. The number of hydrogen-bond donors (Lipinski definition) is 0. The average Bonchev–Trinajstić information content (AvgIpc) is 2.26. The maximum Gasteiger partial charge on any atom is 0.155 e. The molecule has 0 fully saturated rings. The van der Waals surface area contributed by atoms with Crippen LogP contribution in [0.25, 0.3) is 0 Å². The van der Waals surface area contributed by atoms with Crippen LogP contribution in [-0.2, 0) is 11.3 Å². The SMILES string of the molecule is CCCCCCCOCc1nc(C)cc(Cl)n1. The standard InChI is InChI=1S/C13H21ClN2O/c1-3-4-5-6-7-8-17-10-13-15-11(2)9-12(14)16-13/h9H,3-8,10H2,1-2H3. The summed E-state index contributed by atoms with van der Waals surface area (Å²) >= 11 is 5.84. The van der Waals surface area contributed by atoms with E-state index in [9.17, 15) is 0 Å². The molecule has 0 aliphatic heterocycles. The first-order valence-electron chi connectivity index (χ1n) is 6.30. The third kappa shape index (κ3) is 6.59. The van der Waals surface area contributed by atoms with Crippen LogP contribution >= 0.6 is 11.6 Å². The van der Waals surface area contributed by atoms with Crippen molar-refractivity contribution < 1.29 is 4.74 Å². The lowest BCUT2D eigenvalue weighted by Gasteiger charge is -2.04. The van der Waals surface area contributed by atoms with Crippen LogP contribution in [0.4, 0.5) is 0 Å². The van der Waals surface area contributed by atoms with Crippen LogP contribution in [0.1, 0.15) is 50.5 Å². The third-order valence-electron chi connectivity index (χ3n) is 2.49. The summed E-state index contributed by atoms with van der Waals surface area (Å²) in [6.07, 6.45) is 6.24. The number of aromatic nitrogens is 2. The van der Waals surface area contributed by atoms with Crippen molar-refractivity contribution in [3.63, 3.8) is 0 Å². The largest absolute Gasteiger partial charge is 0.373 e. The lowest BCUT2D eigenvalue weighted by molar-refractivity contribution is 0.111. The molecule has 0 saturated carbocycles. The second kappa shape index (κ2) is 8.43. The Morgan fingerprint density at radius 1 is 1.18 bits per heavy atom. The maximum atomic E-state index is 5.84. The highest BCUT2D eigenvalue weighted by Gasteiger charge is 2.00. The monoisotopic (exact) mass is 256 g/mol. The summed E-state index contributed by atoms with van der Waals surface area (Å²) < 4.78 is 5.53. The minimum absolute atomic E-state index is 0.454. The van der Waals surface area contributed by atoms with Gasteiger partial charge in [0.15, 0.2) is 5.82 Å². The van der Waals surface area contributed by atoms with Crippen LogP contribution < -0.4 is 0 Å². The second-order valence-electron chi connectivity index (χ2n) is 4.22. The average molecular weight is 257 g/mol. The normalized spacial score (nSPS) is 10.8. The van der Waals surface area contributed by atoms with Crippen molar-refractivity contribution in [3.8, 4) is 0 Å². The van der Waals surface area contributed by atoms with Gasteiger partial charge < -0.3 is 4.74 Å². The summed E-state index contributed by atoms with van der Waals surface area (Å²) in [5.74, 6) is 0.670. The molecule has 3 nitrogen and oxygen atoms in total. The predicted molar refractivity (Wildman–Crippen MR) is 70.2 cm³/mol. The van der Waals surface area contributed by atoms with Gasteiger partial charge in [0, 0.05) is 12.3 Å². The molecular formula is C13H21ClN2O. The molecule has 1 aromatic heterocycles. The summed E-state index contributed by atoms with van der Waals surface area (Å²) in [5, 5.41) is 0.485. The summed E-state index contributed by atoms with van der Waals surface area (Å²) in [4.78, 5) is 8.37. The maximum absolute atomic E-state index is 5.84. The van der Waals surface area contributed by atoms with Gasteiger partial charge in [-0.15, -0.1) is 0 Å². The molecule has 0 radical (unpaired) electrons. The van der Waals surface area contributed by atoms with Crippen LogP contribution in [0.5, 0.6) is 0 Å². The van der Waals surface area contributed by atoms with E-state index >= 15 is 0 Å². The Hall–Kier alpha value is -0.670. The quantitative estimate of drug-likeness (QED) is 0.522. The van der Waals surface area contributed by atoms with Crippen molar-refractivity contribution in [2.45, 2.75) is 52.6 Å². The molecule has 17 heavy (non-hydrogen) atoms. The van der Waals surface area contributed by atoms with E-state index in [0.29, 0.717) is 17.6 Å². The molecule has 0 amide bonds. The molecule has 4 heteroatoms. The van der Waals surface area contributed by atoms with Gasteiger partial charge in [0.2, 0.25) is 0 Å². The number of hydrogen-bond acceptors (Lipinski definition) is 3. The summed E-state index contributed by atoms with van der Waals surface area (Å²) in [5.41, 5.74) is 0.881. The van der Waals surface area contributed by atoms with Crippen molar-refractivity contribution in [2.24, 2.45) is 0 Å². The highest BCUT2D eigenvalue weighted by atomic mass is 35.5. The van der Waals surface area contributed by atoms with Gasteiger partial charge in [0.25, 0.3) is 0 Å². The molecule has 0 aliphatic rings. The predicted octanol–water partition coefficient (Wildman–Crippen LogP) is 3.93. The van der Waals surface area contributed by atoms with Gasteiger partial charge in [0.05, 0.1) is 0 Å². The number of ether oxygens (including phenoxy) is 1. The number of halogens is 1. The molecule has 0 N–H and O–H groups in total. The first-order valence-corrected chi connectivity index (χ1v) is 6.68. The van der Waals surface area contributed by atoms with E-state index in [4.69, 9.17) is 16.3 Å². The highest BCUT2D eigenvalue weighted by Crippen LogP contribution is 2.08. The Kier molecular flexibility index (Phi) is 7.13. The minimum atomic E-state index is 0.454. The Labute approximate surface area is 109 Å². The van der Waals surface area contributed by atoms with Crippen molar-refractivity contribution in [3.05, 3.63) is 22.7 Å². The van der Waals surface area contributed by atoms with E-state index in [1.165, 1.54) is 25.7 Å². The molecule has 0 spiro atoms. The first-order chi connectivity index (χ1) is 8.22. The molecule has 1 rings (SSSR count). The zero-order chi connectivity index (χ0) is 12.5. The molecule has 96 valence electrons. The van der Waals surface area contributed by atoms with Gasteiger partial charge in [-0.25, -0.2) is 9.97 Å². The van der Waals surface area contributed by atoms with E-state index in [1.807, 2.05) is 6.92 Å². The molecule has 0 saturated heterocycles. The van der Waals surface area contributed by atoms with E-state index < -0.39 is 0 Å². The zero-order valence-corrected chi connectivity index (χ0v) is 11.5. The Balaban J connectivity index is 2.13. The summed E-state index contributed by atoms with van der Waals surface area (Å²) in [7, 11) is 0. The first kappa shape index (κ1) is 14.4. The molecular weight excluding hydrogens is 236 g/mol. The van der Waals surface area contributed by atoms with Crippen molar-refractivity contribution >= 4 is 11.6 Å². The van der Waals surface area contributed by atoms with E-state index in [1.54, 1.807) is 6.07 Å².